The monoisotopic (exact) mass is 782 g/mol. The Kier molecular flexibility index (Phi) is 17.6. The number of benzene rings is 1. The van der Waals surface area contributed by atoms with Crippen LogP contribution in [0.5, 0.6) is 0 Å². The third-order valence-electron chi connectivity index (χ3n) is 10.3. The van der Waals surface area contributed by atoms with E-state index in [1.54, 1.807) is 36.4 Å². The standard InChI is InChI=1S/C41H62N6O7S/c1-11-27(6)35(44-39(52)36(26(4)5)45(8)9)41(53)46(10)31(25(2)3)23-32(54-22-16-15-21-47-33(48)19-20-34(47)49)40-43-30(24-55-40)38(51)42-28(7)37(50)29-17-13-12-14-18-29/h12-14,17-20,24-28,31-32,35-37,50H,11,15-16,21-23H2,1-10H3,(H,42,51)(H,44,52)/t27-,28+,31+,32+,35-,36+,37?/m0/s1. The molecule has 1 aromatic carbocycles. The van der Waals surface area contributed by atoms with Crippen molar-refractivity contribution < 1.29 is 33.8 Å². The second kappa shape index (κ2) is 21.4. The Bertz CT molecular complexity index is 1590. The van der Waals surface area contributed by atoms with Crippen LogP contribution in [0.4, 0.5) is 0 Å². The fraction of sp³-hybridized carbons (Fsp3) is 0.610. The van der Waals surface area contributed by atoms with Crippen molar-refractivity contribution >= 4 is 40.9 Å². The van der Waals surface area contributed by atoms with Gasteiger partial charge >= 0.3 is 0 Å². The van der Waals surface area contributed by atoms with E-state index in [-0.39, 0.29) is 66.3 Å². The van der Waals surface area contributed by atoms with E-state index in [1.807, 2.05) is 78.7 Å². The zero-order chi connectivity index (χ0) is 41.0. The number of nitrogens with zero attached hydrogens (tertiary/aromatic N) is 4. The van der Waals surface area contributed by atoms with Crippen LogP contribution in [-0.2, 0) is 23.9 Å². The molecule has 0 aliphatic carbocycles. The molecule has 3 N–H and O–H groups in total. The topological polar surface area (TPSA) is 161 Å². The van der Waals surface area contributed by atoms with E-state index in [2.05, 4.69) is 10.6 Å². The maximum absolute atomic E-state index is 14.3. The summed E-state index contributed by atoms with van der Waals surface area (Å²) in [6.07, 6.45) is 3.14. The lowest BCUT2D eigenvalue weighted by atomic mass is 9.92. The predicted molar refractivity (Wildman–Crippen MR) is 214 cm³/mol. The van der Waals surface area contributed by atoms with Gasteiger partial charge in [-0.1, -0.05) is 78.3 Å². The third kappa shape index (κ3) is 12.5. The van der Waals surface area contributed by atoms with Gasteiger partial charge in [0.1, 0.15) is 22.8 Å². The van der Waals surface area contributed by atoms with E-state index in [4.69, 9.17) is 9.72 Å². The van der Waals surface area contributed by atoms with Crippen LogP contribution in [0.15, 0.2) is 47.9 Å². The molecule has 0 saturated carbocycles. The Morgan fingerprint density at radius 3 is 2.13 bits per heavy atom. The average molecular weight is 783 g/mol. The maximum Gasteiger partial charge on any atom is 0.271 e. The number of aliphatic hydroxyl groups excluding tert-OH is 1. The number of thiazole rings is 1. The Morgan fingerprint density at radius 1 is 0.927 bits per heavy atom. The normalized spacial score (nSPS) is 16.9. The second-order valence-electron chi connectivity index (χ2n) is 15.4. The van der Waals surface area contributed by atoms with Crippen LogP contribution in [0.3, 0.4) is 0 Å². The lowest BCUT2D eigenvalue weighted by Crippen LogP contribution is -2.58. The molecule has 2 aromatic rings. The number of carbonyl (C=O) groups excluding carboxylic acids is 5. The van der Waals surface area contributed by atoms with Crippen LogP contribution in [-0.4, -0.2) is 113 Å². The first-order valence-electron chi connectivity index (χ1n) is 19.4. The number of nitrogens with one attached hydrogen (secondary N) is 2. The van der Waals surface area contributed by atoms with Gasteiger partial charge < -0.3 is 25.4 Å². The molecule has 7 atom stereocenters. The molecule has 1 aromatic heterocycles. The highest BCUT2D eigenvalue weighted by molar-refractivity contribution is 7.09. The molecule has 1 aliphatic heterocycles. The summed E-state index contributed by atoms with van der Waals surface area (Å²) in [5.74, 6) is -1.58. The Labute approximate surface area is 330 Å². The Hall–Kier alpha value is -3.98. The van der Waals surface area contributed by atoms with Gasteiger partial charge in [0.05, 0.1) is 18.2 Å². The minimum atomic E-state index is -0.913. The molecule has 0 radical (unpaired) electrons. The van der Waals surface area contributed by atoms with Gasteiger partial charge in [-0.2, -0.15) is 0 Å². The molecule has 14 heteroatoms. The number of aliphatic hydroxyl groups is 1. The first-order chi connectivity index (χ1) is 26.0. The molecular weight excluding hydrogens is 721 g/mol. The molecule has 304 valence electrons. The second-order valence-corrected chi connectivity index (χ2v) is 16.3. The van der Waals surface area contributed by atoms with E-state index in [9.17, 15) is 29.1 Å². The van der Waals surface area contributed by atoms with Gasteiger partial charge in [-0.05, 0) is 57.2 Å². The molecule has 2 heterocycles. The van der Waals surface area contributed by atoms with E-state index < -0.39 is 36.2 Å². The lowest BCUT2D eigenvalue weighted by molar-refractivity contribution is -0.141. The summed E-state index contributed by atoms with van der Waals surface area (Å²) < 4.78 is 6.46. The van der Waals surface area contributed by atoms with Crippen LogP contribution in [0.2, 0.25) is 0 Å². The fourth-order valence-corrected chi connectivity index (χ4v) is 7.72. The van der Waals surface area contributed by atoms with E-state index in [0.717, 1.165) is 0 Å². The summed E-state index contributed by atoms with van der Waals surface area (Å²) in [4.78, 5) is 74.7. The van der Waals surface area contributed by atoms with Crippen molar-refractivity contribution in [2.24, 2.45) is 17.8 Å². The number of hydrogen-bond acceptors (Lipinski definition) is 10. The van der Waals surface area contributed by atoms with E-state index in [1.165, 1.54) is 28.4 Å². The SMILES string of the molecule is CC[C@H](C)[C@H](NC(=O)[C@@H](C(C)C)N(C)C)C(=O)N(C)[C@H](C[C@@H](OCCCCN1C(=O)C=CC1=O)c1nc(C(=O)N[C@H](C)C(O)c2ccccc2)cs1)C(C)C. The summed E-state index contributed by atoms with van der Waals surface area (Å²) in [6, 6.07) is 7.05. The molecule has 0 spiro atoms. The number of ether oxygens (including phenoxy) is 1. The predicted octanol–water partition coefficient (Wildman–Crippen LogP) is 4.75. The van der Waals surface area contributed by atoms with Crippen LogP contribution in [0.1, 0.15) is 107 Å². The van der Waals surface area contributed by atoms with E-state index >= 15 is 0 Å². The first-order valence-corrected chi connectivity index (χ1v) is 20.2. The molecule has 0 bridgehead atoms. The van der Waals surface area contributed by atoms with Crippen molar-refractivity contribution in [1.29, 1.82) is 0 Å². The van der Waals surface area contributed by atoms with Crippen LogP contribution >= 0.6 is 11.3 Å². The fourth-order valence-electron chi connectivity index (χ4n) is 6.86. The van der Waals surface area contributed by atoms with Crippen molar-refractivity contribution in [3.63, 3.8) is 0 Å². The molecule has 0 fully saturated rings. The molecule has 55 heavy (non-hydrogen) atoms. The number of aromatic nitrogens is 1. The van der Waals surface area contributed by atoms with Crippen LogP contribution in [0, 0.1) is 17.8 Å². The quantitative estimate of drug-likeness (QED) is 0.113. The highest BCUT2D eigenvalue weighted by Gasteiger charge is 2.37. The van der Waals surface area contributed by atoms with Crippen LogP contribution in [0.25, 0.3) is 0 Å². The largest absolute Gasteiger partial charge is 0.386 e. The number of amides is 5. The summed E-state index contributed by atoms with van der Waals surface area (Å²) in [5, 5.41) is 19.0. The summed E-state index contributed by atoms with van der Waals surface area (Å²) >= 11 is 1.28. The smallest absolute Gasteiger partial charge is 0.271 e. The number of likely N-dealkylation sites (N-methyl/N-ethyl adjacent to an activating group) is 2. The molecule has 1 aliphatic rings. The van der Waals surface area contributed by atoms with Crippen molar-refractivity contribution in [3.05, 3.63) is 64.1 Å². The van der Waals surface area contributed by atoms with Crippen molar-refractivity contribution in [2.75, 3.05) is 34.3 Å². The number of rotatable bonds is 22. The minimum absolute atomic E-state index is 0.0127. The minimum Gasteiger partial charge on any atom is -0.386 e. The molecule has 5 amide bonds. The zero-order valence-electron chi connectivity index (χ0n) is 34.2. The van der Waals surface area contributed by atoms with Crippen molar-refractivity contribution in [1.82, 2.24) is 30.3 Å². The van der Waals surface area contributed by atoms with Gasteiger partial charge in [-0.25, -0.2) is 4.98 Å². The maximum atomic E-state index is 14.3. The average Bonchev–Trinajstić information content (AvgIpc) is 3.76. The number of imide groups is 1. The number of carbonyl (C=O) groups is 5. The highest BCUT2D eigenvalue weighted by atomic mass is 32.1. The zero-order valence-corrected chi connectivity index (χ0v) is 35.0. The number of unbranched alkanes of at least 4 members (excludes halogenated alkanes) is 1. The number of hydrogen-bond donors (Lipinski definition) is 3. The van der Waals surface area contributed by atoms with Crippen molar-refractivity contribution in [2.45, 2.75) is 111 Å². The molecule has 1 unspecified atom stereocenters. The van der Waals surface area contributed by atoms with Gasteiger partial charge in [0.2, 0.25) is 11.8 Å². The third-order valence-corrected chi connectivity index (χ3v) is 11.2. The first kappa shape index (κ1) is 45.4. The lowest BCUT2D eigenvalue weighted by Gasteiger charge is -2.38. The Morgan fingerprint density at radius 2 is 1.56 bits per heavy atom. The highest BCUT2D eigenvalue weighted by Crippen LogP contribution is 2.31. The molecular formula is C41H62N6O7S. The summed E-state index contributed by atoms with van der Waals surface area (Å²) in [6.45, 7) is 14.3. The van der Waals surface area contributed by atoms with E-state index in [0.29, 0.717) is 36.3 Å². The Balaban J connectivity index is 1.83. The van der Waals surface area contributed by atoms with Gasteiger partial charge in [0, 0.05) is 50.2 Å². The summed E-state index contributed by atoms with van der Waals surface area (Å²) in [7, 11) is 5.47. The van der Waals surface area contributed by atoms with Gasteiger partial charge in [0.25, 0.3) is 17.7 Å². The van der Waals surface area contributed by atoms with Gasteiger partial charge in [-0.3, -0.25) is 33.8 Å². The van der Waals surface area contributed by atoms with Crippen LogP contribution < -0.4 is 10.6 Å². The summed E-state index contributed by atoms with van der Waals surface area (Å²) in [5.41, 5.74) is 0.869. The van der Waals surface area contributed by atoms with Crippen molar-refractivity contribution in [3.8, 4) is 0 Å². The molecule has 0 saturated heterocycles. The molecule has 3 rings (SSSR count). The van der Waals surface area contributed by atoms with Gasteiger partial charge in [-0.15, -0.1) is 11.3 Å². The molecule has 13 nitrogen and oxygen atoms in total. The van der Waals surface area contributed by atoms with Gasteiger partial charge in [0.15, 0.2) is 0 Å².